The zero-order valence-corrected chi connectivity index (χ0v) is 10.9. The average Bonchev–Trinajstić information content (AvgIpc) is 2.28. The molecule has 1 aromatic carbocycles. The molecule has 17 heavy (non-hydrogen) atoms. The van der Waals surface area contributed by atoms with Crippen molar-refractivity contribution < 1.29 is 9.53 Å². The fraction of sp³-hybridized carbons (Fsp3) is 0.500. The molecule has 1 amide bonds. The molecule has 94 valence electrons. The van der Waals surface area contributed by atoms with Gasteiger partial charge in [-0.25, -0.2) is 0 Å². The number of hydrogen-bond acceptors (Lipinski definition) is 2. The van der Waals surface area contributed by atoms with Crippen LogP contribution in [0.15, 0.2) is 18.2 Å². The Hall–Kier alpha value is -1.35. The molecular weight excluding hydrogens is 214 g/mol. The van der Waals surface area contributed by atoms with Crippen molar-refractivity contribution in [2.24, 2.45) is 0 Å². The molecule has 1 N–H and O–H groups in total. The Kier molecular flexibility index (Phi) is 5.70. The molecule has 0 spiro atoms. The molecular formula is C14H21NO2. The standard InChI is InChI=1S/C14H21NO2/c1-11-5-6-13(12(2)9-11)10-14(16)15-7-4-8-17-3/h5-6,9H,4,7-8,10H2,1-3H3,(H,15,16). The Labute approximate surface area is 103 Å². The lowest BCUT2D eigenvalue weighted by molar-refractivity contribution is -0.120. The van der Waals surface area contributed by atoms with Gasteiger partial charge >= 0.3 is 0 Å². The lowest BCUT2D eigenvalue weighted by atomic mass is 10.0. The first-order valence-corrected chi connectivity index (χ1v) is 5.95. The fourth-order valence-electron chi connectivity index (χ4n) is 1.72. The average molecular weight is 235 g/mol. The van der Waals surface area contributed by atoms with E-state index in [1.165, 1.54) is 11.1 Å². The van der Waals surface area contributed by atoms with Crippen LogP contribution in [0.5, 0.6) is 0 Å². The van der Waals surface area contributed by atoms with Crippen LogP contribution >= 0.6 is 0 Å². The van der Waals surface area contributed by atoms with Gasteiger partial charge in [-0.1, -0.05) is 23.8 Å². The summed E-state index contributed by atoms with van der Waals surface area (Å²) in [6, 6.07) is 6.17. The highest BCUT2D eigenvalue weighted by atomic mass is 16.5. The number of aryl methyl sites for hydroxylation is 2. The van der Waals surface area contributed by atoms with Crippen molar-refractivity contribution in [3.63, 3.8) is 0 Å². The van der Waals surface area contributed by atoms with E-state index < -0.39 is 0 Å². The summed E-state index contributed by atoms with van der Waals surface area (Å²) in [6.07, 6.45) is 1.31. The predicted molar refractivity (Wildman–Crippen MR) is 69.1 cm³/mol. The van der Waals surface area contributed by atoms with Gasteiger partial charge < -0.3 is 10.1 Å². The molecule has 0 aliphatic carbocycles. The summed E-state index contributed by atoms with van der Waals surface area (Å²) >= 11 is 0. The summed E-state index contributed by atoms with van der Waals surface area (Å²) in [5, 5.41) is 2.89. The number of nitrogens with one attached hydrogen (secondary N) is 1. The second-order valence-corrected chi connectivity index (χ2v) is 4.30. The molecule has 0 radical (unpaired) electrons. The molecule has 0 saturated carbocycles. The summed E-state index contributed by atoms with van der Waals surface area (Å²) in [7, 11) is 1.66. The van der Waals surface area contributed by atoms with E-state index in [-0.39, 0.29) is 5.91 Å². The first-order chi connectivity index (χ1) is 8.13. The molecule has 0 heterocycles. The van der Waals surface area contributed by atoms with Gasteiger partial charge in [0, 0.05) is 20.3 Å². The SMILES string of the molecule is COCCCNC(=O)Cc1ccc(C)cc1C. The first kappa shape index (κ1) is 13.7. The highest BCUT2D eigenvalue weighted by molar-refractivity contribution is 5.78. The molecule has 0 aliphatic heterocycles. The Balaban J connectivity index is 2.40. The van der Waals surface area contributed by atoms with Crippen molar-refractivity contribution in [1.29, 1.82) is 0 Å². The van der Waals surface area contributed by atoms with E-state index in [1.54, 1.807) is 7.11 Å². The molecule has 1 aromatic rings. The van der Waals surface area contributed by atoms with Crippen LogP contribution < -0.4 is 5.32 Å². The minimum absolute atomic E-state index is 0.0769. The van der Waals surface area contributed by atoms with Gasteiger partial charge in [-0.3, -0.25) is 4.79 Å². The number of methoxy groups -OCH3 is 1. The Morgan fingerprint density at radius 1 is 1.35 bits per heavy atom. The molecule has 0 aromatic heterocycles. The van der Waals surface area contributed by atoms with Crippen molar-refractivity contribution >= 4 is 5.91 Å². The zero-order valence-electron chi connectivity index (χ0n) is 10.9. The van der Waals surface area contributed by atoms with Gasteiger partial charge in [0.1, 0.15) is 0 Å². The molecule has 3 nitrogen and oxygen atoms in total. The minimum atomic E-state index is 0.0769. The van der Waals surface area contributed by atoms with Gasteiger partial charge in [0.2, 0.25) is 5.91 Å². The van der Waals surface area contributed by atoms with E-state index in [1.807, 2.05) is 19.1 Å². The van der Waals surface area contributed by atoms with E-state index in [2.05, 4.69) is 18.3 Å². The zero-order chi connectivity index (χ0) is 12.7. The van der Waals surface area contributed by atoms with Gasteiger partial charge in [0.15, 0.2) is 0 Å². The molecule has 0 saturated heterocycles. The second-order valence-electron chi connectivity index (χ2n) is 4.30. The minimum Gasteiger partial charge on any atom is -0.385 e. The molecule has 0 fully saturated rings. The predicted octanol–water partition coefficient (Wildman–Crippen LogP) is 2.00. The maximum Gasteiger partial charge on any atom is 0.224 e. The van der Waals surface area contributed by atoms with Gasteiger partial charge in [0.25, 0.3) is 0 Å². The quantitative estimate of drug-likeness (QED) is 0.766. The topological polar surface area (TPSA) is 38.3 Å². The Morgan fingerprint density at radius 3 is 2.76 bits per heavy atom. The molecule has 1 rings (SSSR count). The third-order valence-electron chi connectivity index (χ3n) is 2.70. The maximum absolute atomic E-state index is 11.7. The molecule has 3 heteroatoms. The van der Waals surface area contributed by atoms with E-state index >= 15 is 0 Å². The summed E-state index contributed by atoms with van der Waals surface area (Å²) in [6.45, 7) is 5.46. The van der Waals surface area contributed by atoms with Crippen LogP contribution in [0.25, 0.3) is 0 Å². The lowest BCUT2D eigenvalue weighted by Gasteiger charge is -2.08. The highest BCUT2D eigenvalue weighted by Crippen LogP contribution is 2.10. The largest absolute Gasteiger partial charge is 0.385 e. The van der Waals surface area contributed by atoms with Crippen LogP contribution in [-0.4, -0.2) is 26.2 Å². The lowest BCUT2D eigenvalue weighted by Crippen LogP contribution is -2.27. The van der Waals surface area contributed by atoms with Crippen LogP contribution in [-0.2, 0) is 16.0 Å². The number of hydrogen-bond donors (Lipinski definition) is 1. The van der Waals surface area contributed by atoms with Crippen LogP contribution in [0.2, 0.25) is 0 Å². The number of amides is 1. The van der Waals surface area contributed by atoms with Crippen molar-refractivity contribution in [1.82, 2.24) is 5.32 Å². The van der Waals surface area contributed by atoms with Crippen molar-refractivity contribution in [2.75, 3.05) is 20.3 Å². The van der Waals surface area contributed by atoms with E-state index in [9.17, 15) is 4.79 Å². The smallest absolute Gasteiger partial charge is 0.224 e. The van der Waals surface area contributed by atoms with Crippen molar-refractivity contribution in [2.45, 2.75) is 26.7 Å². The number of carbonyl (C=O) groups is 1. The van der Waals surface area contributed by atoms with Crippen LogP contribution in [0.3, 0.4) is 0 Å². The fourth-order valence-corrected chi connectivity index (χ4v) is 1.72. The van der Waals surface area contributed by atoms with Crippen LogP contribution in [0.4, 0.5) is 0 Å². The van der Waals surface area contributed by atoms with Gasteiger partial charge in [0.05, 0.1) is 6.42 Å². The van der Waals surface area contributed by atoms with E-state index in [0.717, 1.165) is 12.0 Å². The maximum atomic E-state index is 11.7. The third-order valence-corrected chi connectivity index (χ3v) is 2.70. The summed E-state index contributed by atoms with van der Waals surface area (Å²) < 4.78 is 4.92. The number of carbonyl (C=O) groups excluding carboxylic acids is 1. The second kappa shape index (κ2) is 7.07. The van der Waals surface area contributed by atoms with Gasteiger partial charge in [-0.15, -0.1) is 0 Å². The number of benzene rings is 1. The summed E-state index contributed by atoms with van der Waals surface area (Å²) in [4.78, 5) is 11.7. The Morgan fingerprint density at radius 2 is 2.12 bits per heavy atom. The van der Waals surface area contributed by atoms with Gasteiger partial charge in [-0.2, -0.15) is 0 Å². The molecule has 0 atom stereocenters. The Bertz CT molecular complexity index is 374. The van der Waals surface area contributed by atoms with E-state index in [4.69, 9.17) is 4.74 Å². The number of rotatable bonds is 6. The van der Waals surface area contributed by atoms with Crippen LogP contribution in [0, 0.1) is 13.8 Å². The van der Waals surface area contributed by atoms with Crippen molar-refractivity contribution in [3.05, 3.63) is 34.9 Å². The van der Waals surface area contributed by atoms with E-state index in [0.29, 0.717) is 19.6 Å². The molecule has 0 aliphatic rings. The summed E-state index contributed by atoms with van der Waals surface area (Å²) in [5.74, 6) is 0.0769. The normalized spacial score (nSPS) is 10.3. The van der Waals surface area contributed by atoms with Crippen molar-refractivity contribution in [3.8, 4) is 0 Å². The molecule has 0 bridgehead atoms. The molecule has 0 unspecified atom stereocenters. The highest BCUT2D eigenvalue weighted by Gasteiger charge is 2.05. The monoisotopic (exact) mass is 235 g/mol. The third kappa shape index (κ3) is 5.00. The van der Waals surface area contributed by atoms with Gasteiger partial charge in [-0.05, 0) is 31.4 Å². The number of ether oxygens (including phenoxy) is 1. The first-order valence-electron chi connectivity index (χ1n) is 5.95. The summed E-state index contributed by atoms with van der Waals surface area (Å²) in [5.41, 5.74) is 3.50. The van der Waals surface area contributed by atoms with Crippen LogP contribution in [0.1, 0.15) is 23.1 Å².